The number of fused-ring (bicyclic) bond motifs is 1. The third-order valence-electron chi connectivity index (χ3n) is 2.37. The monoisotopic (exact) mass is 230 g/mol. The van der Waals surface area contributed by atoms with Gasteiger partial charge in [-0.3, -0.25) is 10.1 Å². The molecule has 0 spiro atoms. The quantitative estimate of drug-likeness (QED) is 0.640. The first kappa shape index (κ1) is 11.3. The molecule has 6 heteroatoms. The van der Waals surface area contributed by atoms with E-state index in [2.05, 4.69) is 31.8 Å². The molecule has 2 aromatic rings. The van der Waals surface area contributed by atoms with Crippen molar-refractivity contribution >= 4 is 16.7 Å². The summed E-state index contributed by atoms with van der Waals surface area (Å²) in [6, 6.07) is 0. The van der Waals surface area contributed by atoms with Crippen LogP contribution in [0, 0.1) is 6.92 Å². The van der Waals surface area contributed by atoms with Crippen LogP contribution in [0.4, 0.5) is 0 Å². The third-order valence-corrected chi connectivity index (χ3v) is 2.37. The summed E-state index contributed by atoms with van der Waals surface area (Å²) in [5, 5.41) is 13.9. The van der Waals surface area contributed by atoms with E-state index in [4.69, 9.17) is 0 Å². The molecule has 0 amide bonds. The lowest BCUT2D eigenvalue weighted by molar-refractivity contribution is 0.492. The van der Waals surface area contributed by atoms with Crippen molar-refractivity contribution in [1.29, 1.82) is 0 Å². The lowest BCUT2D eigenvalue weighted by Crippen LogP contribution is -2.06. The highest BCUT2D eigenvalue weighted by molar-refractivity contribution is 6.06. The van der Waals surface area contributed by atoms with Crippen LogP contribution in [0.15, 0.2) is 24.1 Å². The number of H-pyrrole nitrogens is 1. The molecule has 0 saturated carbocycles. The Morgan fingerprint density at radius 2 is 2.35 bits per heavy atom. The summed E-state index contributed by atoms with van der Waals surface area (Å²) in [6.07, 6.45) is 3.38. The minimum atomic E-state index is 0.656. The number of nitrogens with one attached hydrogen (secondary N) is 1. The second-order valence-corrected chi connectivity index (χ2v) is 3.69. The van der Waals surface area contributed by atoms with Gasteiger partial charge in [-0.05, 0) is 13.8 Å². The van der Waals surface area contributed by atoms with Crippen LogP contribution in [-0.2, 0) is 0 Å². The van der Waals surface area contributed by atoms with Gasteiger partial charge in [0.2, 0.25) is 0 Å². The summed E-state index contributed by atoms with van der Waals surface area (Å²) in [7, 11) is 1.82. The molecule has 0 radical (unpaired) electrons. The van der Waals surface area contributed by atoms with Crippen LogP contribution in [0.5, 0.6) is 0 Å². The summed E-state index contributed by atoms with van der Waals surface area (Å²) in [4.78, 5) is 8.40. The molecule has 0 fully saturated rings. The van der Waals surface area contributed by atoms with E-state index < -0.39 is 0 Å². The van der Waals surface area contributed by atoms with Crippen molar-refractivity contribution in [3.63, 3.8) is 0 Å². The average Bonchev–Trinajstić information content (AvgIpc) is 2.71. The summed E-state index contributed by atoms with van der Waals surface area (Å²) < 4.78 is 0. The molecule has 2 rings (SSSR count). The molecule has 0 saturated heterocycles. The number of hydrazone groups is 1. The van der Waals surface area contributed by atoms with Crippen molar-refractivity contribution in [3.05, 3.63) is 30.5 Å². The van der Waals surface area contributed by atoms with Gasteiger partial charge >= 0.3 is 0 Å². The van der Waals surface area contributed by atoms with Crippen molar-refractivity contribution < 1.29 is 0 Å². The summed E-state index contributed by atoms with van der Waals surface area (Å²) in [5.41, 5.74) is 2.29. The molecule has 2 heterocycles. The Kier molecular flexibility index (Phi) is 2.86. The highest BCUT2D eigenvalue weighted by Crippen LogP contribution is 2.13. The van der Waals surface area contributed by atoms with Gasteiger partial charge in [-0.25, -0.2) is 9.97 Å². The van der Waals surface area contributed by atoms with Gasteiger partial charge in [-0.2, -0.15) is 10.2 Å². The van der Waals surface area contributed by atoms with Crippen LogP contribution in [0.25, 0.3) is 11.0 Å². The lowest BCUT2D eigenvalue weighted by Gasteiger charge is -2.06. The topological polar surface area (TPSA) is 70.1 Å². The molecule has 0 aliphatic rings. The van der Waals surface area contributed by atoms with Gasteiger partial charge in [-0.1, -0.05) is 6.58 Å². The number of aryl methyl sites for hydroxylation is 1. The minimum absolute atomic E-state index is 0.656. The molecule has 0 atom stereocenters. The predicted molar refractivity (Wildman–Crippen MR) is 66.6 cm³/mol. The lowest BCUT2D eigenvalue weighted by atomic mass is 10.2. The number of hydrogen-bond donors (Lipinski definition) is 1. The van der Waals surface area contributed by atoms with E-state index in [1.54, 1.807) is 17.4 Å². The van der Waals surface area contributed by atoms with E-state index in [0.717, 1.165) is 16.8 Å². The zero-order chi connectivity index (χ0) is 12.4. The summed E-state index contributed by atoms with van der Waals surface area (Å²) >= 11 is 0. The van der Waals surface area contributed by atoms with E-state index in [1.807, 2.05) is 20.9 Å². The molecular formula is C11H14N6. The van der Waals surface area contributed by atoms with Crippen LogP contribution in [0.3, 0.4) is 0 Å². The summed E-state index contributed by atoms with van der Waals surface area (Å²) in [6.45, 7) is 7.37. The fourth-order valence-electron chi connectivity index (χ4n) is 1.49. The van der Waals surface area contributed by atoms with Crippen LogP contribution in [0.2, 0.25) is 0 Å². The van der Waals surface area contributed by atoms with E-state index in [9.17, 15) is 0 Å². The molecular weight excluding hydrogens is 216 g/mol. The molecule has 17 heavy (non-hydrogen) atoms. The van der Waals surface area contributed by atoms with Gasteiger partial charge in [0.05, 0.1) is 16.8 Å². The molecule has 2 aromatic heterocycles. The van der Waals surface area contributed by atoms with Crippen molar-refractivity contribution in [2.24, 2.45) is 5.10 Å². The molecule has 88 valence electrons. The molecule has 6 nitrogen and oxygen atoms in total. The Labute approximate surface area is 99.1 Å². The molecule has 0 aliphatic carbocycles. The summed E-state index contributed by atoms with van der Waals surface area (Å²) in [5.74, 6) is 0.702. The first-order valence-electron chi connectivity index (χ1n) is 5.20. The first-order chi connectivity index (χ1) is 8.11. The normalized spacial score (nSPS) is 11.8. The Morgan fingerprint density at radius 1 is 1.59 bits per heavy atom. The van der Waals surface area contributed by atoms with Crippen molar-refractivity contribution in [3.8, 4) is 0 Å². The predicted octanol–water partition coefficient (Wildman–Crippen LogP) is 1.46. The average molecular weight is 230 g/mol. The Hall–Kier alpha value is -2.24. The van der Waals surface area contributed by atoms with Gasteiger partial charge in [-0.15, -0.1) is 0 Å². The van der Waals surface area contributed by atoms with Gasteiger partial charge in [0.15, 0.2) is 5.65 Å². The number of rotatable bonds is 3. The van der Waals surface area contributed by atoms with E-state index in [0.29, 0.717) is 11.5 Å². The molecule has 0 aromatic carbocycles. The maximum Gasteiger partial charge on any atom is 0.184 e. The minimum Gasteiger partial charge on any atom is -0.276 e. The van der Waals surface area contributed by atoms with Crippen molar-refractivity contribution in [2.75, 3.05) is 7.05 Å². The fourth-order valence-corrected chi connectivity index (χ4v) is 1.49. The molecule has 0 bridgehead atoms. The van der Waals surface area contributed by atoms with Gasteiger partial charge < -0.3 is 0 Å². The number of aromatic nitrogens is 4. The standard InChI is InChI=1S/C11H14N6/c1-5-17(4)16-7(2)10-9-6-12-8(3)13-11(9)15-14-10/h5-6H,1H2,2-4H3,(H,12,13,14,15)/b16-7+. The Balaban J connectivity index is 2.49. The van der Waals surface area contributed by atoms with Crippen molar-refractivity contribution in [1.82, 2.24) is 25.2 Å². The highest BCUT2D eigenvalue weighted by atomic mass is 15.4. The van der Waals surface area contributed by atoms with E-state index in [-0.39, 0.29) is 0 Å². The fraction of sp³-hybridized carbons (Fsp3) is 0.273. The molecule has 0 unspecified atom stereocenters. The molecule has 0 aliphatic heterocycles. The SMILES string of the molecule is C=CN(C)/N=C(\C)c1[nH]nc2nc(C)ncc12. The third kappa shape index (κ3) is 2.15. The maximum absolute atomic E-state index is 4.32. The van der Waals surface area contributed by atoms with Gasteiger partial charge in [0, 0.05) is 19.4 Å². The first-order valence-corrected chi connectivity index (χ1v) is 5.20. The molecule has 1 N–H and O–H groups in total. The van der Waals surface area contributed by atoms with Crippen molar-refractivity contribution in [2.45, 2.75) is 13.8 Å². The number of aromatic amines is 1. The number of hydrogen-bond acceptors (Lipinski definition) is 5. The zero-order valence-corrected chi connectivity index (χ0v) is 10.1. The number of nitrogens with zero attached hydrogens (tertiary/aromatic N) is 5. The largest absolute Gasteiger partial charge is 0.276 e. The second kappa shape index (κ2) is 4.32. The van der Waals surface area contributed by atoms with E-state index >= 15 is 0 Å². The van der Waals surface area contributed by atoms with Crippen LogP contribution >= 0.6 is 0 Å². The Bertz CT molecular complexity index is 583. The Morgan fingerprint density at radius 3 is 3.06 bits per heavy atom. The zero-order valence-electron chi connectivity index (χ0n) is 10.1. The maximum atomic E-state index is 4.32. The smallest absolute Gasteiger partial charge is 0.184 e. The second-order valence-electron chi connectivity index (χ2n) is 3.69. The van der Waals surface area contributed by atoms with Crippen LogP contribution in [0.1, 0.15) is 18.4 Å². The van der Waals surface area contributed by atoms with Gasteiger partial charge in [0.25, 0.3) is 0 Å². The van der Waals surface area contributed by atoms with Crippen LogP contribution in [-0.4, -0.2) is 37.9 Å². The van der Waals surface area contributed by atoms with Crippen LogP contribution < -0.4 is 0 Å². The van der Waals surface area contributed by atoms with Gasteiger partial charge in [0.1, 0.15) is 5.82 Å². The highest BCUT2D eigenvalue weighted by Gasteiger charge is 2.10. The van der Waals surface area contributed by atoms with E-state index in [1.165, 1.54) is 0 Å².